The summed E-state index contributed by atoms with van der Waals surface area (Å²) in [7, 11) is 0. The lowest BCUT2D eigenvalue weighted by Gasteiger charge is -2.14. The number of nitrogens with one attached hydrogen (secondary N) is 2. The molecule has 21 heavy (non-hydrogen) atoms. The van der Waals surface area contributed by atoms with E-state index < -0.39 is 0 Å². The lowest BCUT2D eigenvalue weighted by molar-refractivity contribution is -0.116. The minimum atomic E-state index is -0.304. The Morgan fingerprint density at radius 3 is 2.76 bits per heavy atom. The number of nitrogens with zero attached hydrogens (tertiary/aromatic N) is 2. The van der Waals surface area contributed by atoms with Crippen LogP contribution < -0.4 is 10.9 Å². The van der Waals surface area contributed by atoms with Crippen LogP contribution in [0.25, 0.3) is 0 Å². The van der Waals surface area contributed by atoms with Crippen LogP contribution in [-0.2, 0) is 16.8 Å². The number of aromatic amines is 1. The smallest absolute Gasteiger partial charge is 0.251 e. The Balaban J connectivity index is 2.07. The van der Waals surface area contributed by atoms with Gasteiger partial charge in [0.1, 0.15) is 6.54 Å². The van der Waals surface area contributed by atoms with E-state index >= 15 is 0 Å². The van der Waals surface area contributed by atoms with Crippen molar-refractivity contribution in [2.24, 2.45) is 0 Å². The average Bonchev–Trinajstić information content (AvgIpc) is 2.82. The first-order chi connectivity index (χ1) is 9.75. The van der Waals surface area contributed by atoms with Crippen LogP contribution in [0.3, 0.4) is 0 Å². The summed E-state index contributed by atoms with van der Waals surface area (Å²) < 4.78 is 2.07. The van der Waals surface area contributed by atoms with Crippen LogP contribution in [-0.4, -0.2) is 20.7 Å². The Labute approximate surface area is 130 Å². The summed E-state index contributed by atoms with van der Waals surface area (Å²) in [5, 5.41) is 9.62. The summed E-state index contributed by atoms with van der Waals surface area (Å²) in [5.41, 5.74) is 0.625. The van der Waals surface area contributed by atoms with Gasteiger partial charge in [-0.2, -0.15) is 5.10 Å². The molecule has 0 aliphatic heterocycles. The van der Waals surface area contributed by atoms with Gasteiger partial charge in [0.25, 0.3) is 5.56 Å². The minimum Gasteiger partial charge on any atom is -0.308 e. The monoisotopic (exact) mass is 352 g/mol. The molecule has 0 atom stereocenters. The van der Waals surface area contributed by atoms with E-state index in [0.29, 0.717) is 5.82 Å². The molecule has 0 aliphatic carbocycles. The Morgan fingerprint density at radius 2 is 2.14 bits per heavy atom. The lowest BCUT2D eigenvalue weighted by atomic mass is 9.92. The summed E-state index contributed by atoms with van der Waals surface area (Å²) >= 11 is 3.27. The van der Waals surface area contributed by atoms with Crippen LogP contribution in [0.15, 0.2) is 33.7 Å². The van der Waals surface area contributed by atoms with E-state index in [2.05, 4.69) is 31.4 Å². The summed E-state index contributed by atoms with van der Waals surface area (Å²) in [4.78, 5) is 23.6. The fourth-order valence-electron chi connectivity index (χ4n) is 1.73. The van der Waals surface area contributed by atoms with E-state index in [1.54, 1.807) is 18.3 Å². The van der Waals surface area contributed by atoms with Gasteiger partial charge < -0.3 is 9.88 Å². The van der Waals surface area contributed by atoms with Crippen molar-refractivity contribution in [3.63, 3.8) is 0 Å². The highest BCUT2D eigenvalue weighted by molar-refractivity contribution is 9.10. The van der Waals surface area contributed by atoms with Crippen molar-refractivity contribution in [1.82, 2.24) is 14.8 Å². The van der Waals surface area contributed by atoms with E-state index in [-0.39, 0.29) is 23.4 Å². The molecule has 0 aromatic carbocycles. The van der Waals surface area contributed by atoms with E-state index in [1.807, 2.05) is 20.8 Å². The molecule has 2 heterocycles. The third-order valence-corrected chi connectivity index (χ3v) is 3.38. The number of pyridine rings is 1. The third-order valence-electron chi connectivity index (χ3n) is 2.91. The summed E-state index contributed by atoms with van der Waals surface area (Å²) in [6.45, 7) is 6.09. The normalized spacial score (nSPS) is 11.4. The predicted molar refractivity (Wildman–Crippen MR) is 84.3 cm³/mol. The minimum absolute atomic E-state index is 0.0595. The Bertz CT molecular complexity index is 712. The van der Waals surface area contributed by atoms with Crippen LogP contribution in [0.1, 0.15) is 26.5 Å². The molecule has 0 saturated carbocycles. The second kappa shape index (κ2) is 5.85. The van der Waals surface area contributed by atoms with E-state index in [9.17, 15) is 9.59 Å². The van der Waals surface area contributed by atoms with Crippen LogP contribution in [0.5, 0.6) is 0 Å². The van der Waals surface area contributed by atoms with Gasteiger partial charge in [-0.15, -0.1) is 0 Å². The zero-order chi connectivity index (χ0) is 15.6. The van der Waals surface area contributed by atoms with Gasteiger partial charge in [0.2, 0.25) is 5.91 Å². The standard InChI is InChI=1S/C14H17BrN4O2/c1-14(2,3)10-6-11(18-17-10)16-12(20)8-19-7-9(15)4-5-13(19)21/h4-7H,8H2,1-3H3,(H2,16,17,18,20). The first-order valence-corrected chi connectivity index (χ1v) is 7.27. The Kier molecular flexibility index (Phi) is 4.32. The highest BCUT2D eigenvalue weighted by Crippen LogP contribution is 2.21. The fourth-order valence-corrected chi connectivity index (χ4v) is 2.11. The van der Waals surface area contributed by atoms with Crippen LogP contribution in [0.4, 0.5) is 5.82 Å². The van der Waals surface area contributed by atoms with Crippen molar-refractivity contribution in [2.45, 2.75) is 32.7 Å². The van der Waals surface area contributed by atoms with Gasteiger partial charge >= 0.3 is 0 Å². The van der Waals surface area contributed by atoms with Crippen LogP contribution in [0, 0.1) is 0 Å². The first-order valence-electron chi connectivity index (χ1n) is 6.47. The van der Waals surface area contributed by atoms with Crippen molar-refractivity contribution in [1.29, 1.82) is 0 Å². The lowest BCUT2D eigenvalue weighted by Crippen LogP contribution is -2.26. The molecule has 7 heteroatoms. The Morgan fingerprint density at radius 1 is 1.43 bits per heavy atom. The molecule has 0 aliphatic rings. The third kappa shape index (κ3) is 4.04. The van der Waals surface area contributed by atoms with E-state index in [1.165, 1.54) is 10.6 Å². The molecule has 0 radical (unpaired) electrons. The van der Waals surface area contributed by atoms with E-state index in [0.717, 1.165) is 10.2 Å². The molecule has 2 N–H and O–H groups in total. The largest absolute Gasteiger partial charge is 0.308 e. The van der Waals surface area contributed by atoms with Gasteiger partial charge in [-0.3, -0.25) is 14.7 Å². The number of hydrogen-bond acceptors (Lipinski definition) is 3. The maximum absolute atomic E-state index is 12.0. The molecule has 2 aromatic rings. The molecule has 1 amide bonds. The maximum atomic E-state index is 12.0. The zero-order valence-corrected chi connectivity index (χ0v) is 13.7. The number of hydrogen-bond donors (Lipinski definition) is 2. The number of amides is 1. The Hall–Kier alpha value is -1.89. The van der Waals surface area contributed by atoms with E-state index in [4.69, 9.17) is 0 Å². The molecule has 2 aromatic heterocycles. The summed E-state index contributed by atoms with van der Waals surface area (Å²) in [5.74, 6) is 0.148. The zero-order valence-electron chi connectivity index (χ0n) is 12.1. The second-order valence-corrected chi connectivity index (χ2v) is 6.69. The average molecular weight is 353 g/mol. The number of H-pyrrole nitrogens is 1. The molecule has 6 nitrogen and oxygen atoms in total. The summed E-state index contributed by atoms with van der Waals surface area (Å²) in [6.07, 6.45) is 1.58. The molecular formula is C14H17BrN4O2. The number of rotatable bonds is 3. The van der Waals surface area contributed by atoms with Gasteiger partial charge in [-0.1, -0.05) is 20.8 Å². The molecule has 0 spiro atoms. The predicted octanol–water partition coefficient (Wildman–Crippen LogP) is 2.27. The van der Waals surface area contributed by atoms with Crippen molar-refractivity contribution in [3.05, 3.63) is 44.9 Å². The van der Waals surface area contributed by atoms with Gasteiger partial charge in [-0.25, -0.2) is 0 Å². The van der Waals surface area contributed by atoms with Gasteiger partial charge in [0, 0.05) is 33.9 Å². The number of aromatic nitrogens is 3. The van der Waals surface area contributed by atoms with Crippen molar-refractivity contribution < 1.29 is 4.79 Å². The second-order valence-electron chi connectivity index (χ2n) is 5.78. The number of halogens is 1. The topological polar surface area (TPSA) is 79.8 Å². The molecule has 0 unspecified atom stereocenters. The molecule has 0 fully saturated rings. The number of anilines is 1. The highest BCUT2D eigenvalue weighted by atomic mass is 79.9. The SMILES string of the molecule is CC(C)(C)c1cc(NC(=O)Cn2cc(Br)ccc2=O)n[nH]1. The van der Waals surface area contributed by atoms with Crippen molar-refractivity contribution in [2.75, 3.05) is 5.32 Å². The van der Waals surface area contributed by atoms with Crippen molar-refractivity contribution >= 4 is 27.7 Å². The van der Waals surface area contributed by atoms with Gasteiger partial charge in [0.05, 0.1) is 0 Å². The molecular weight excluding hydrogens is 336 g/mol. The number of carbonyl (C=O) groups excluding carboxylic acids is 1. The summed E-state index contributed by atoms with van der Waals surface area (Å²) in [6, 6.07) is 4.84. The number of carbonyl (C=O) groups is 1. The maximum Gasteiger partial charge on any atom is 0.251 e. The van der Waals surface area contributed by atoms with Gasteiger partial charge in [0.15, 0.2) is 5.82 Å². The van der Waals surface area contributed by atoms with Crippen LogP contribution in [0.2, 0.25) is 0 Å². The van der Waals surface area contributed by atoms with Crippen LogP contribution >= 0.6 is 15.9 Å². The first kappa shape index (κ1) is 15.5. The highest BCUT2D eigenvalue weighted by Gasteiger charge is 2.17. The molecule has 0 bridgehead atoms. The quantitative estimate of drug-likeness (QED) is 0.888. The molecule has 2 rings (SSSR count). The molecule has 112 valence electrons. The van der Waals surface area contributed by atoms with Gasteiger partial charge in [-0.05, 0) is 22.0 Å². The fraction of sp³-hybridized carbons (Fsp3) is 0.357. The van der Waals surface area contributed by atoms with Crippen molar-refractivity contribution in [3.8, 4) is 0 Å². The molecule has 0 saturated heterocycles.